The number of aromatic nitrogens is 2. The fourth-order valence-electron chi connectivity index (χ4n) is 13.4. The highest BCUT2D eigenvalue weighted by Crippen LogP contribution is 2.58. The maximum Gasteiger partial charge on any atom is 0.318 e. The highest BCUT2D eigenvalue weighted by atomic mass is 32.2. The average Bonchev–Trinajstić information content (AvgIpc) is 3.34. The van der Waals surface area contributed by atoms with E-state index in [2.05, 4.69) is 264 Å². The molecule has 8 heteroatoms. The summed E-state index contributed by atoms with van der Waals surface area (Å²) in [5, 5.41) is 5.50. The van der Waals surface area contributed by atoms with Gasteiger partial charge in [0.15, 0.2) is 0 Å². The molecule has 4 aliphatic heterocycles. The Hall–Kier alpha value is -8.23. The Morgan fingerprint density at radius 2 is 0.575 bits per heavy atom. The van der Waals surface area contributed by atoms with E-state index in [0.29, 0.717) is 0 Å². The van der Waals surface area contributed by atoms with Crippen LogP contribution < -0.4 is 10.9 Å². The standard InChI is InChI=1S/C72H42B2N2S4/c1-5-14-43(15-6-1)47-24-32-61-55(36-47)56-37-48(44-16-7-2-8-17-44)25-33-62(56)75(61)51-28-30-53-59-42-60-54-31-29-52(41-68(54)80-74-72(60)70-69-65(22-13-23-66(69)78-74)77-73(71(59)70)79-67(53)40-51)76-63-34-26-49(45-18-9-3-10-19-45)38-57(63)58-39-50(27-35-64(58)76)46-20-11-4-12-21-46/h1-42H. The van der Waals surface area contributed by atoms with E-state index in [9.17, 15) is 0 Å². The van der Waals surface area contributed by atoms with Gasteiger partial charge in [0, 0.05) is 58.1 Å². The predicted octanol–water partition coefficient (Wildman–Crippen LogP) is 19.4. The summed E-state index contributed by atoms with van der Waals surface area (Å²) >= 11 is 8.17. The van der Waals surface area contributed by atoms with Crippen LogP contribution in [-0.4, -0.2) is 19.7 Å². The number of hydrogen-bond acceptors (Lipinski definition) is 4. The average molecular weight is 1090 g/mol. The van der Waals surface area contributed by atoms with E-state index in [4.69, 9.17) is 0 Å². The van der Waals surface area contributed by atoms with Crippen molar-refractivity contribution in [3.63, 3.8) is 0 Å². The smallest absolute Gasteiger partial charge is 0.309 e. The Labute approximate surface area is 480 Å². The molecule has 14 aromatic rings. The van der Waals surface area contributed by atoms with E-state index in [-0.39, 0.29) is 10.5 Å². The van der Waals surface area contributed by atoms with Crippen LogP contribution >= 0.6 is 46.5 Å². The van der Waals surface area contributed by atoms with Gasteiger partial charge in [-0.25, -0.2) is 0 Å². The molecule has 2 nitrogen and oxygen atoms in total. The van der Waals surface area contributed by atoms with E-state index in [1.165, 1.54) is 163 Å². The first-order valence-electron chi connectivity index (χ1n) is 27.3. The number of benzene rings is 12. The molecule has 0 spiro atoms. The molecule has 0 atom stereocenters. The topological polar surface area (TPSA) is 9.86 Å². The maximum absolute atomic E-state index is 2.60. The second-order valence-corrected chi connectivity index (χ2v) is 26.5. The second kappa shape index (κ2) is 17.6. The van der Waals surface area contributed by atoms with Gasteiger partial charge in [0.05, 0.1) is 22.1 Å². The van der Waals surface area contributed by atoms with Gasteiger partial charge >= 0.3 is 10.5 Å². The van der Waals surface area contributed by atoms with Crippen LogP contribution in [0.15, 0.2) is 274 Å². The molecule has 12 aromatic carbocycles. The Balaban J connectivity index is 0.805. The Bertz CT molecular complexity index is 4460. The lowest BCUT2D eigenvalue weighted by Gasteiger charge is -2.40. The molecule has 0 radical (unpaired) electrons. The zero-order valence-electron chi connectivity index (χ0n) is 42.9. The molecule has 4 aliphatic rings. The van der Waals surface area contributed by atoms with Crippen molar-refractivity contribution in [2.75, 3.05) is 0 Å². The highest BCUT2D eigenvalue weighted by Gasteiger charge is 2.46. The molecular formula is C72H42B2N2S4. The van der Waals surface area contributed by atoms with Crippen LogP contribution in [0, 0.1) is 0 Å². The minimum atomic E-state index is 0.230. The van der Waals surface area contributed by atoms with Crippen LogP contribution in [0.4, 0.5) is 0 Å². The Kier molecular flexibility index (Phi) is 10.1. The second-order valence-electron chi connectivity index (χ2n) is 21.4. The van der Waals surface area contributed by atoms with Crippen molar-refractivity contribution in [2.24, 2.45) is 0 Å². The van der Waals surface area contributed by atoms with E-state index in [0.717, 1.165) is 0 Å². The van der Waals surface area contributed by atoms with E-state index in [1.807, 2.05) is 46.5 Å². The molecule has 0 aliphatic carbocycles. The summed E-state index contributed by atoms with van der Waals surface area (Å²) in [4.78, 5) is 5.45. The van der Waals surface area contributed by atoms with Crippen molar-refractivity contribution in [2.45, 2.75) is 19.6 Å². The lowest BCUT2D eigenvalue weighted by atomic mass is 9.67. The van der Waals surface area contributed by atoms with Crippen LogP contribution in [0.3, 0.4) is 0 Å². The van der Waals surface area contributed by atoms with Gasteiger partial charge in [0.1, 0.15) is 0 Å². The van der Waals surface area contributed by atoms with Crippen LogP contribution in [0.1, 0.15) is 0 Å². The van der Waals surface area contributed by atoms with Crippen molar-refractivity contribution in [1.82, 2.24) is 9.13 Å². The van der Waals surface area contributed by atoms with Crippen LogP contribution in [0.2, 0.25) is 0 Å². The van der Waals surface area contributed by atoms with Crippen LogP contribution in [0.25, 0.3) is 133 Å². The summed E-state index contributed by atoms with van der Waals surface area (Å²) in [6.07, 6.45) is 0. The zero-order chi connectivity index (χ0) is 52.2. The Morgan fingerprint density at radius 3 is 0.925 bits per heavy atom. The van der Waals surface area contributed by atoms with Crippen molar-refractivity contribution in [3.05, 3.63) is 255 Å². The molecule has 370 valence electrons. The molecule has 0 unspecified atom stereocenters. The molecule has 0 amide bonds. The Morgan fingerprint density at radius 1 is 0.237 bits per heavy atom. The summed E-state index contributed by atoms with van der Waals surface area (Å²) in [7, 11) is 0. The minimum Gasteiger partial charge on any atom is -0.309 e. The molecule has 0 N–H and O–H groups in total. The zero-order valence-corrected chi connectivity index (χ0v) is 46.2. The van der Waals surface area contributed by atoms with Gasteiger partial charge in [-0.05, 0) is 174 Å². The quantitative estimate of drug-likeness (QED) is 0.154. The third-order valence-corrected chi connectivity index (χ3v) is 22.4. The van der Waals surface area contributed by atoms with Gasteiger partial charge in [0.2, 0.25) is 0 Å². The summed E-state index contributed by atoms with van der Waals surface area (Å²) < 4.78 is 5.01. The largest absolute Gasteiger partial charge is 0.318 e. The highest BCUT2D eigenvalue weighted by molar-refractivity contribution is 8.56. The molecule has 0 saturated carbocycles. The normalized spacial score (nSPS) is 13.5. The molecule has 6 heterocycles. The molecule has 0 bridgehead atoms. The minimum absolute atomic E-state index is 0.230. The SMILES string of the molecule is c1ccc(-c2ccc3c(c2)c2cc(-c4ccccc4)ccc2n3-c2ccc3c(c2)SB2Sc4cccc5c4-c4c2c-3cc2c4B(Sc3cc(-n4c6ccc(-c7ccccc7)cc6c6cc(-c7ccccc7)ccc64)ccc3-2)S5)cc1. The van der Waals surface area contributed by atoms with E-state index in [1.54, 1.807) is 0 Å². The lowest BCUT2D eigenvalue weighted by molar-refractivity contribution is 1.16. The van der Waals surface area contributed by atoms with Gasteiger partial charge in [-0.1, -0.05) is 164 Å². The summed E-state index contributed by atoms with van der Waals surface area (Å²) in [5.41, 5.74) is 28.3. The monoisotopic (exact) mass is 1080 g/mol. The van der Waals surface area contributed by atoms with Crippen LogP contribution in [0.5, 0.6) is 0 Å². The molecule has 2 aromatic heterocycles. The fraction of sp³-hybridized carbons (Fsp3) is 0. The van der Waals surface area contributed by atoms with Gasteiger partial charge in [-0.2, -0.15) is 46.5 Å². The van der Waals surface area contributed by atoms with Crippen molar-refractivity contribution < 1.29 is 0 Å². The number of hydrogen-bond donors (Lipinski definition) is 0. The molecular weight excluding hydrogens is 1040 g/mol. The fourth-order valence-corrected chi connectivity index (χ4v) is 19.4. The first kappa shape index (κ1) is 45.6. The van der Waals surface area contributed by atoms with Crippen molar-refractivity contribution in [3.8, 4) is 89.3 Å². The number of rotatable bonds is 6. The van der Waals surface area contributed by atoms with E-state index >= 15 is 0 Å². The molecule has 0 saturated heterocycles. The van der Waals surface area contributed by atoms with Gasteiger partial charge < -0.3 is 9.13 Å². The van der Waals surface area contributed by atoms with E-state index < -0.39 is 0 Å². The van der Waals surface area contributed by atoms with Crippen molar-refractivity contribution in [1.29, 1.82) is 0 Å². The molecule has 18 rings (SSSR count). The first-order chi connectivity index (χ1) is 39.6. The summed E-state index contributed by atoms with van der Waals surface area (Å²) in [6, 6.07) is 95.5. The summed E-state index contributed by atoms with van der Waals surface area (Å²) in [6.45, 7) is 0. The molecule has 0 fully saturated rings. The summed E-state index contributed by atoms with van der Waals surface area (Å²) in [5.74, 6) is 0. The van der Waals surface area contributed by atoms with Crippen LogP contribution in [-0.2, 0) is 0 Å². The lowest BCUT2D eigenvalue weighted by Crippen LogP contribution is -2.44. The van der Waals surface area contributed by atoms with Gasteiger partial charge in [0.25, 0.3) is 0 Å². The van der Waals surface area contributed by atoms with Gasteiger partial charge in [-0.3, -0.25) is 0 Å². The van der Waals surface area contributed by atoms with Gasteiger partial charge in [-0.15, -0.1) is 0 Å². The first-order valence-corrected chi connectivity index (χ1v) is 30.8. The number of nitrogens with zero attached hydrogens (tertiary/aromatic N) is 2. The third-order valence-electron chi connectivity index (χ3n) is 17.0. The predicted molar refractivity (Wildman–Crippen MR) is 347 cm³/mol. The third kappa shape index (κ3) is 6.83. The van der Waals surface area contributed by atoms with Crippen molar-refractivity contribution >= 4 is 112 Å². The maximum atomic E-state index is 2.60. The number of fused-ring (bicyclic) bond motifs is 10. The molecule has 80 heavy (non-hydrogen) atoms.